The zero-order valence-electron chi connectivity index (χ0n) is 41.7. The highest BCUT2D eigenvalue weighted by molar-refractivity contribution is 8.77. The van der Waals surface area contributed by atoms with Gasteiger partial charge in [-0.25, -0.2) is 9.59 Å². The number of carbonyl (C=O) groups excluding carboxylic acids is 7. The second-order valence-electron chi connectivity index (χ2n) is 19.6. The molecule has 3 fully saturated rings. The number of epoxide rings is 1. The highest BCUT2D eigenvalue weighted by atomic mass is 35.5. The van der Waals surface area contributed by atoms with Crippen LogP contribution < -0.4 is 15.5 Å². The lowest BCUT2D eigenvalue weighted by atomic mass is 9.82. The Labute approximate surface area is 423 Å². The molecule has 4 aliphatic rings. The molecule has 9 atom stereocenters. The summed E-state index contributed by atoms with van der Waals surface area (Å²) in [6.45, 7) is 15.2. The zero-order valence-corrected chi connectivity index (χ0v) is 44.9. The summed E-state index contributed by atoms with van der Waals surface area (Å²) in [5.74, 6) is -2.28. The van der Waals surface area contributed by atoms with E-state index in [0.717, 1.165) is 16.7 Å². The van der Waals surface area contributed by atoms with Crippen LogP contribution in [0, 0.1) is 18.8 Å². The van der Waals surface area contributed by atoms with Crippen molar-refractivity contribution < 1.29 is 52.9 Å². The number of amides is 6. The van der Waals surface area contributed by atoms with Crippen molar-refractivity contribution in [3.8, 4) is 0 Å². The molecule has 3 saturated heterocycles. The zero-order chi connectivity index (χ0) is 51.2. The maximum atomic E-state index is 14.3. The van der Waals surface area contributed by atoms with Crippen molar-refractivity contribution in [1.82, 2.24) is 20.4 Å². The quantitative estimate of drug-likeness (QED) is 0.0515. The number of likely N-dealkylation sites (tertiary alicyclic amines) is 1. The number of rotatable bonds is 16. The van der Waals surface area contributed by atoms with Gasteiger partial charge in [0.1, 0.15) is 29.6 Å². The van der Waals surface area contributed by atoms with Crippen molar-refractivity contribution in [2.24, 2.45) is 11.8 Å². The summed E-state index contributed by atoms with van der Waals surface area (Å²) in [6, 6.07) is 2.80. The number of ether oxygens (including phenoxy) is 3. The van der Waals surface area contributed by atoms with E-state index >= 15 is 0 Å². The standard InChI is InChI=1S/C49H70ClN5O11S3/c1-28-14-12-15-30(3)49(63)27-35(64-46(62)52-49)31(4)43-48(8,66-43)37(26-40(58)54(10)34-24-33(22-28)23-29(2)42(34)50)65-45(61)32(5)53(9)39(57)17-18-47(6,7)69-68-21-13-16-38(56)51-19-20-55-41(59)25-36(67-11)44(55)60/h12,14-15,23-24,30-32,35-37,43,63H,13,16-22,25-27H2,1-11H3,(H,51,56)(H,52,62)/b15-12+,28-14+/t30-,31-,32+,35+,36?,37+,43+,48+,49+/m1/s1. The van der Waals surface area contributed by atoms with Crippen LogP contribution in [0.5, 0.6) is 0 Å². The molecule has 20 heteroatoms. The number of benzene rings is 1. The Balaban J connectivity index is 1.20. The minimum Gasteiger partial charge on any atom is -0.457 e. The van der Waals surface area contributed by atoms with Crippen LogP contribution in [0.1, 0.15) is 105 Å². The summed E-state index contributed by atoms with van der Waals surface area (Å²) < 4.78 is 17.9. The first-order valence-corrected chi connectivity index (χ1v) is 27.5. The molecule has 1 aromatic rings. The number of aliphatic hydroxyl groups is 1. The summed E-state index contributed by atoms with van der Waals surface area (Å²) in [5, 5.41) is 17.2. The predicted octanol–water partition coefficient (Wildman–Crippen LogP) is 6.76. The van der Waals surface area contributed by atoms with Crippen LogP contribution in [0.2, 0.25) is 5.02 Å². The van der Waals surface area contributed by atoms with E-state index in [4.69, 9.17) is 25.8 Å². The molecule has 4 aliphatic heterocycles. The highest BCUT2D eigenvalue weighted by Crippen LogP contribution is 2.49. The molecule has 69 heavy (non-hydrogen) atoms. The molecular formula is C49H70ClN5O11S3. The summed E-state index contributed by atoms with van der Waals surface area (Å²) in [6.07, 6.45) is 6.13. The Hall–Kier alpha value is -3.75. The van der Waals surface area contributed by atoms with Crippen LogP contribution >= 0.6 is 45.0 Å². The Morgan fingerprint density at radius 2 is 1.83 bits per heavy atom. The van der Waals surface area contributed by atoms with Crippen LogP contribution in [0.25, 0.3) is 0 Å². The third kappa shape index (κ3) is 14.2. The van der Waals surface area contributed by atoms with E-state index in [1.54, 1.807) is 48.7 Å². The van der Waals surface area contributed by atoms with Crippen LogP contribution in [-0.4, -0.2) is 141 Å². The summed E-state index contributed by atoms with van der Waals surface area (Å²) in [7, 11) is 6.38. The molecule has 1 unspecified atom stereocenters. The van der Waals surface area contributed by atoms with Crippen LogP contribution in [0.4, 0.5) is 10.5 Å². The van der Waals surface area contributed by atoms with Gasteiger partial charge in [0.25, 0.3) is 0 Å². The molecule has 1 aromatic carbocycles. The third-order valence-electron chi connectivity index (χ3n) is 13.7. The maximum Gasteiger partial charge on any atom is 0.409 e. The molecule has 6 amide bonds. The van der Waals surface area contributed by atoms with Crippen molar-refractivity contribution in [1.29, 1.82) is 0 Å². The first-order valence-electron chi connectivity index (χ1n) is 23.5. The fourth-order valence-corrected chi connectivity index (χ4v) is 12.3. The first kappa shape index (κ1) is 56.2. The van der Waals surface area contributed by atoms with Gasteiger partial charge in [0.15, 0.2) is 0 Å². The number of carbonyl (C=O) groups is 7. The molecule has 0 aliphatic carbocycles. The van der Waals surface area contributed by atoms with E-state index in [1.165, 1.54) is 33.5 Å². The number of thioether (sulfide) groups is 1. The molecule has 3 N–H and O–H groups in total. The lowest BCUT2D eigenvalue weighted by Gasteiger charge is -2.41. The molecule has 382 valence electrons. The molecule has 4 heterocycles. The number of hydrogen-bond donors (Lipinski definition) is 3. The van der Waals surface area contributed by atoms with E-state index in [2.05, 4.69) is 10.6 Å². The van der Waals surface area contributed by atoms with E-state index in [0.29, 0.717) is 42.1 Å². The Bertz CT molecular complexity index is 2190. The minimum absolute atomic E-state index is 0.0474. The van der Waals surface area contributed by atoms with Gasteiger partial charge >= 0.3 is 12.1 Å². The number of hydrogen-bond acceptors (Lipinski definition) is 14. The van der Waals surface area contributed by atoms with Crippen LogP contribution in [-0.2, 0) is 49.4 Å². The smallest absolute Gasteiger partial charge is 0.409 e. The number of anilines is 1. The van der Waals surface area contributed by atoms with Crippen molar-refractivity contribution in [2.45, 2.75) is 152 Å². The highest BCUT2D eigenvalue weighted by Gasteiger charge is 2.64. The second kappa shape index (κ2) is 23.7. The predicted molar refractivity (Wildman–Crippen MR) is 272 cm³/mol. The van der Waals surface area contributed by atoms with E-state index in [1.807, 2.05) is 71.9 Å². The average Bonchev–Trinajstić information content (AvgIpc) is 3.91. The molecule has 4 bridgehead atoms. The number of likely N-dealkylation sites (N-methyl/N-ethyl adjacent to an activating group) is 1. The number of nitrogens with zero attached hydrogens (tertiary/aromatic N) is 3. The number of imide groups is 1. The Morgan fingerprint density at radius 3 is 2.51 bits per heavy atom. The van der Waals surface area contributed by atoms with E-state index < -0.39 is 65.5 Å². The maximum absolute atomic E-state index is 14.3. The topological polar surface area (TPSA) is 204 Å². The molecule has 0 aromatic heterocycles. The van der Waals surface area contributed by atoms with Gasteiger partial charge in [-0.1, -0.05) is 76.9 Å². The lowest BCUT2D eigenvalue weighted by Crippen LogP contribution is -2.60. The van der Waals surface area contributed by atoms with Gasteiger partial charge in [-0.15, -0.1) is 0 Å². The van der Waals surface area contributed by atoms with Crippen molar-refractivity contribution in [3.05, 3.63) is 52.1 Å². The largest absolute Gasteiger partial charge is 0.457 e. The number of nitrogens with one attached hydrogen (secondary N) is 2. The lowest BCUT2D eigenvalue weighted by molar-refractivity contribution is -0.162. The molecule has 16 nitrogen and oxygen atoms in total. The number of halogens is 1. The summed E-state index contributed by atoms with van der Waals surface area (Å²) in [5.41, 5.74) is 0.356. The van der Waals surface area contributed by atoms with Gasteiger partial charge in [-0.05, 0) is 84.3 Å². The molecule has 0 radical (unpaired) electrons. The molecule has 0 saturated carbocycles. The Kier molecular flexibility index (Phi) is 19.3. The second-order valence-corrected chi connectivity index (χ2v) is 24.1. The van der Waals surface area contributed by atoms with Gasteiger partial charge in [0, 0.05) is 75.2 Å². The number of aryl methyl sites for hydroxylation is 1. The number of fused-ring (bicyclic) bond motifs is 5. The number of esters is 1. The Morgan fingerprint density at radius 1 is 1.12 bits per heavy atom. The van der Waals surface area contributed by atoms with E-state index in [-0.39, 0.29) is 72.4 Å². The number of alkyl carbamates (subject to hydrolysis) is 1. The van der Waals surface area contributed by atoms with Crippen molar-refractivity contribution in [3.63, 3.8) is 0 Å². The SMILES string of the molecule is CSC1CC(=O)N(CCNC(=O)CCCSSC(C)(C)CCC(=O)N(C)[C@@H](C)C(=O)O[C@H]2CC(=O)N(C)c3cc(cc(C)c3Cl)C/C(C)=C/C=C/[C@@H](C)[C@@]3(O)C[C@H](OC(=O)N3)[C@@H](C)[C@@H]3O[C@@]23C)C1=O. The summed E-state index contributed by atoms with van der Waals surface area (Å²) >= 11 is 8.18. The fraction of sp³-hybridized carbons (Fsp3) is 0.653. The minimum atomic E-state index is -1.63. The van der Waals surface area contributed by atoms with Crippen LogP contribution in [0.15, 0.2) is 35.9 Å². The van der Waals surface area contributed by atoms with E-state index in [9.17, 15) is 38.7 Å². The first-order chi connectivity index (χ1) is 32.3. The average molecular weight is 1040 g/mol. The van der Waals surface area contributed by atoms with Gasteiger partial charge in [-0.3, -0.25) is 34.2 Å². The molecule has 5 rings (SSSR count). The van der Waals surface area contributed by atoms with Gasteiger partial charge in [0.05, 0.1) is 28.5 Å². The van der Waals surface area contributed by atoms with Crippen molar-refractivity contribution >= 4 is 92.2 Å². The normalized spacial score (nSPS) is 29.3. The van der Waals surface area contributed by atoms with Gasteiger partial charge < -0.3 is 34.4 Å². The third-order valence-corrected chi connectivity index (χ3v) is 18.5. The van der Waals surface area contributed by atoms with Gasteiger partial charge in [-0.2, -0.15) is 11.8 Å². The summed E-state index contributed by atoms with van der Waals surface area (Å²) in [4.78, 5) is 95.7. The van der Waals surface area contributed by atoms with Gasteiger partial charge in [0.2, 0.25) is 29.5 Å². The monoisotopic (exact) mass is 1040 g/mol. The van der Waals surface area contributed by atoms with Crippen LogP contribution in [0.3, 0.4) is 0 Å². The molecule has 0 spiro atoms. The van der Waals surface area contributed by atoms with Crippen molar-refractivity contribution in [2.75, 3.05) is 44.1 Å². The fourth-order valence-electron chi connectivity index (χ4n) is 8.75. The molecular weight excluding hydrogens is 966 g/mol. The number of allylic oxidation sites excluding steroid dienone is 3.